The lowest BCUT2D eigenvalue weighted by Crippen LogP contribution is -2.58. The lowest BCUT2D eigenvalue weighted by molar-refractivity contribution is 0.112. The van der Waals surface area contributed by atoms with E-state index in [0.717, 1.165) is 99.9 Å². The van der Waals surface area contributed by atoms with Crippen molar-refractivity contribution in [3.05, 3.63) is 35.8 Å². The van der Waals surface area contributed by atoms with Gasteiger partial charge in [-0.05, 0) is 45.0 Å². The van der Waals surface area contributed by atoms with Crippen LogP contribution in [0.3, 0.4) is 0 Å². The highest BCUT2D eigenvalue weighted by Crippen LogP contribution is 2.43. The standard InChI is InChI=1S/C24H32N6O2/c1-16-23-21(30-8-10-31-11-9-30)2-5-26-24(23)28-20-12-19(27-15-22(20)32-16)17-3-6-29(7-4-17)18-13-25-14-18/h2,5,12,15-18,25H,3-4,6-11,13-14H2,1H3,(H,26,28)/t16-/m0/s1. The Kier molecular flexibility index (Phi) is 5.37. The second-order valence-corrected chi connectivity index (χ2v) is 9.30. The predicted molar refractivity (Wildman–Crippen MR) is 124 cm³/mol. The zero-order valence-electron chi connectivity index (χ0n) is 18.7. The topological polar surface area (TPSA) is 74.8 Å². The number of fused-ring (bicyclic) bond motifs is 2. The first-order valence-electron chi connectivity index (χ1n) is 12.0. The molecule has 0 unspecified atom stereocenters. The molecule has 32 heavy (non-hydrogen) atoms. The molecule has 2 N–H and O–H groups in total. The van der Waals surface area contributed by atoms with Crippen molar-refractivity contribution in [2.24, 2.45) is 0 Å². The summed E-state index contributed by atoms with van der Waals surface area (Å²) in [5.74, 6) is 2.18. The van der Waals surface area contributed by atoms with Crippen LogP contribution in [-0.2, 0) is 4.74 Å². The van der Waals surface area contributed by atoms with E-state index in [0.29, 0.717) is 5.92 Å². The molecule has 4 aliphatic rings. The highest BCUT2D eigenvalue weighted by Gasteiger charge is 2.31. The van der Waals surface area contributed by atoms with E-state index in [1.54, 1.807) is 0 Å². The molecule has 2 aromatic rings. The maximum absolute atomic E-state index is 6.39. The molecule has 8 heteroatoms. The van der Waals surface area contributed by atoms with Gasteiger partial charge in [0, 0.05) is 55.7 Å². The number of nitrogens with zero attached hydrogens (tertiary/aromatic N) is 4. The van der Waals surface area contributed by atoms with Crippen molar-refractivity contribution in [2.45, 2.75) is 37.8 Å². The van der Waals surface area contributed by atoms with E-state index in [1.165, 1.54) is 5.69 Å². The Labute approximate surface area is 189 Å². The van der Waals surface area contributed by atoms with Gasteiger partial charge in [-0.3, -0.25) is 9.88 Å². The van der Waals surface area contributed by atoms with Gasteiger partial charge in [-0.25, -0.2) is 4.98 Å². The molecule has 0 amide bonds. The van der Waals surface area contributed by atoms with Crippen molar-refractivity contribution in [1.82, 2.24) is 20.2 Å². The molecule has 0 radical (unpaired) electrons. The van der Waals surface area contributed by atoms with Crippen molar-refractivity contribution in [3.8, 4) is 5.75 Å². The van der Waals surface area contributed by atoms with E-state index in [9.17, 15) is 0 Å². The molecule has 3 fully saturated rings. The van der Waals surface area contributed by atoms with Crippen LogP contribution in [0.4, 0.5) is 17.2 Å². The Hall–Kier alpha value is -2.42. The number of likely N-dealkylation sites (tertiary alicyclic amines) is 1. The summed E-state index contributed by atoms with van der Waals surface area (Å²) in [4.78, 5) is 14.5. The summed E-state index contributed by atoms with van der Waals surface area (Å²) in [6.45, 7) is 9.97. The number of morpholine rings is 1. The second-order valence-electron chi connectivity index (χ2n) is 9.30. The number of ether oxygens (including phenoxy) is 2. The fourth-order valence-electron chi connectivity index (χ4n) is 5.39. The van der Waals surface area contributed by atoms with Crippen LogP contribution in [0.15, 0.2) is 24.5 Å². The maximum Gasteiger partial charge on any atom is 0.161 e. The van der Waals surface area contributed by atoms with Gasteiger partial charge in [-0.1, -0.05) is 0 Å². The zero-order chi connectivity index (χ0) is 21.5. The molecule has 1 atom stereocenters. The lowest BCUT2D eigenvalue weighted by Gasteiger charge is -2.42. The highest BCUT2D eigenvalue weighted by molar-refractivity contribution is 5.73. The monoisotopic (exact) mass is 436 g/mol. The molecule has 2 aromatic heterocycles. The summed E-state index contributed by atoms with van der Waals surface area (Å²) in [5, 5.41) is 6.97. The van der Waals surface area contributed by atoms with Crippen molar-refractivity contribution in [3.63, 3.8) is 0 Å². The molecule has 0 spiro atoms. The van der Waals surface area contributed by atoms with Gasteiger partial charge >= 0.3 is 0 Å². The van der Waals surface area contributed by atoms with E-state index in [2.05, 4.69) is 44.5 Å². The van der Waals surface area contributed by atoms with Crippen molar-refractivity contribution < 1.29 is 9.47 Å². The van der Waals surface area contributed by atoms with E-state index >= 15 is 0 Å². The fourth-order valence-corrected chi connectivity index (χ4v) is 5.39. The van der Waals surface area contributed by atoms with E-state index < -0.39 is 0 Å². The summed E-state index contributed by atoms with van der Waals surface area (Å²) < 4.78 is 11.9. The molecule has 6 rings (SSSR count). The Balaban J connectivity index is 1.24. The molecular formula is C24H32N6O2. The summed E-state index contributed by atoms with van der Waals surface area (Å²) in [7, 11) is 0. The van der Waals surface area contributed by atoms with Crippen LogP contribution in [0.5, 0.6) is 5.75 Å². The number of piperidine rings is 1. The van der Waals surface area contributed by atoms with Crippen molar-refractivity contribution in [1.29, 1.82) is 0 Å². The molecular weight excluding hydrogens is 404 g/mol. The minimum absolute atomic E-state index is 0.114. The Morgan fingerprint density at radius 2 is 1.88 bits per heavy atom. The second kappa shape index (κ2) is 8.50. The molecule has 0 bridgehead atoms. The Morgan fingerprint density at radius 1 is 1.06 bits per heavy atom. The number of aromatic nitrogens is 2. The molecule has 6 heterocycles. The number of rotatable bonds is 3. The van der Waals surface area contributed by atoms with Crippen LogP contribution in [-0.4, -0.2) is 73.4 Å². The maximum atomic E-state index is 6.39. The Bertz CT molecular complexity index is 967. The van der Waals surface area contributed by atoms with Gasteiger partial charge in [0.25, 0.3) is 0 Å². The van der Waals surface area contributed by atoms with Crippen LogP contribution < -0.4 is 20.3 Å². The van der Waals surface area contributed by atoms with Gasteiger partial charge < -0.3 is 25.0 Å². The molecule has 4 aliphatic heterocycles. The average Bonchev–Trinajstić information content (AvgIpc) is 2.94. The fraction of sp³-hybridized carbons (Fsp3) is 0.583. The summed E-state index contributed by atoms with van der Waals surface area (Å²) in [5.41, 5.74) is 4.41. The highest BCUT2D eigenvalue weighted by atomic mass is 16.5. The number of hydrogen-bond donors (Lipinski definition) is 2. The van der Waals surface area contributed by atoms with Crippen LogP contribution >= 0.6 is 0 Å². The smallest absolute Gasteiger partial charge is 0.161 e. The number of pyridine rings is 2. The molecule has 3 saturated heterocycles. The molecule has 0 aliphatic carbocycles. The van der Waals surface area contributed by atoms with E-state index in [1.807, 2.05) is 12.4 Å². The van der Waals surface area contributed by atoms with Crippen LogP contribution in [0.2, 0.25) is 0 Å². The molecule has 0 aromatic carbocycles. The number of anilines is 3. The third-order valence-electron chi connectivity index (χ3n) is 7.39. The average molecular weight is 437 g/mol. The Morgan fingerprint density at radius 3 is 2.62 bits per heavy atom. The lowest BCUT2D eigenvalue weighted by atomic mass is 9.91. The van der Waals surface area contributed by atoms with Gasteiger partial charge in [-0.2, -0.15) is 0 Å². The van der Waals surface area contributed by atoms with E-state index in [4.69, 9.17) is 14.5 Å². The van der Waals surface area contributed by atoms with Gasteiger partial charge in [-0.15, -0.1) is 0 Å². The largest absolute Gasteiger partial charge is 0.482 e. The third-order valence-corrected chi connectivity index (χ3v) is 7.39. The summed E-state index contributed by atoms with van der Waals surface area (Å²) in [6, 6.07) is 5.01. The minimum atomic E-state index is -0.114. The number of hydrogen-bond acceptors (Lipinski definition) is 8. The first-order valence-corrected chi connectivity index (χ1v) is 12.0. The third kappa shape index (κ3) is 3.70. The molecule has 0 saturated carbocycles. The van der Waals surface area contributed by atoms with Gasteiger partial charge in [0.1, 0.15) is 11.9 Å². The molecule has 8 nitrogen and oxygen atoms in total. The van der Waals surface area contributed by atoms with Crippen LogP contribution in [0.25, 0.3) is 0 Å². The van der Waals surface area contributed by atoms with Crippen molar-refractivity contribution >= 4 is 17.2 Å². The number of nitrogens with one attached hydrogen (secondary N) is 2. The van der Waals surface area contributed by atoms with Gasteiger partial charge in [0.2, 0.25) is 0 Å². The first kappa shape index (κ1) is 20.2. The normalized spacial score (nSPS) is 24.5. The zero-order valence-corrected chi connectivity index (χ0v) is 18.7. The molecule has 170 valence electrons. The van der Waals surface area contributed by atoms with Crippen LogP contribution in [0, 0.1) is 0 Å². The predicted octanol–water partition coefficient (Wildman–Crippen LogP) is 2.66. The van der Waals surface area contributed by atoms with E-state index in [-0.39, 0.29) is 6.10 Å². The van der Waals surface area contributed by atoms with Gasteiger partial charge in [0.15, 0.2) is 5.75 Å². The van der Waals surface area contributed by atoms with Gasteiger partial charge in [0.05, 0.1) is 30.7 Å². The van der Waals surface area contributed by atoms with Crippen LogP contribution in [0.1, 0.15) is 43.0 Å². The quantitative estimate of drug-likeness (QED) is 0.761. The first-order chi connectivity index (χ1) is 15.8. The SMILES string of the molecule is C[C@@H]1Oc2cnc(C3CCN(C4CNC4)CC3)cc2Nc2nccc(N3CCOCC3)c21. The van der Waals surface area contributed by atoms with Crippen molar-refractivity contribution in [2.75, 3.05) is 62.7 Å². The minimum Gasteiger partial charge on any atom is -0.482 e. The summed E-state index contributed by atoms with van der Waals surface area (Å²) in [6.07, 6.45) is 6.00. The summed E-state index contributed by atoms with van der Waals surface area (Å²) >= 11 is 0.